The van der Waals surface area contributed by atoms with Gasteiger partial charge in [0.25, 0.3) is 0 Å². The van der Waals surface area contributed by atoms with Gasteiger partial charge in [0.2, 0.25) is 0 Å². The van der Waals surface area contributed by atoms with Crippen molar-refractivity contribution in [3.8, 4) is 11.8 Å². The molecule has 0 bridgehead atoms. The minimum Gasteiger partial charge on any atom is -0.495 e. The van der Waals surface area contributed by atoms with Crippen LogP contribution >= 0.6 is 11.6 Å². The van der Waals surface area contributed by atoms with E-state index in [1.165, 1.54) is 0 Å². The molecule has 0 heterocycles. The van der Waals surface area contributed by atoms with Gasteiger partial charge in [-0.25, -0.2) is 0 Å². The average Bonchev–Trinajstić information content (AvgIpc) is 2.16. The van der Waals surface area contributed by atoms with E-state index in [0.717, 1.165) is 11.1 Å². The fraction of sp³-hybridized carbons (Fsp3) is 0.364. The van der Waals surface area contributed by atoms with Crippen LogP contribution in [0.3, 0.4) is 0 Å². The SMILES string of the molecule is COc1c(C)cc(C(C)C#N)cc1Cl. The predicted molar refractivity (Wildman–Crippen MR) is 56.8 cm³/mol. The fourth-order valence-electron chi connectivity index (χ4n) is 1.34. The zero-order chi connectivity index (χ0) is 10.7. The van der Waals surface area contributed by atoms with Gasteiger partial charge in [0.1, 0.15) is 5.75 Å². The lowest BCUT2D eigenvalue weighted by Gasteiger charge is -2.10. The molecule has 0 saturated carbocycles. The summed E-state index contributed by atoms with van der Waals surface area (Å²) in [7, 11) is 1.58. The molecule has 0 saturated heterocycles. The molecule has 0 aromatic heterocycles. The summed E-state index contributed by atoms with van der Waals surface area (Å²) in [5.41, 5.74) is 1.88. The van der Waals surface area contributed by atoms with Gasteiger partial charge in [-0.05, 0) is 31.0 Å². The molecule has 1 atom stereocenters. The van der Waals surface area contributed by atoms with Crippen LogP contribution in [0, 0.1) is 18.3 Å². The maximum Gasteiger partial charge on any atom is 0.140 e. The summed E-state index contributed by atoms with van der Waals surface area (Å²) in [5, 5.41) is 9.33. The Kier molecular flexibility index (Phi) is 3.38. The maximum absolute atomic E-state index is 8.77. The van der Waals surface area contributed by atoms with Gasteiger partial charge in [-0.1, -0.05) is 17.7 Å². The minimum absolute atomic E-state index is 0.142. The van der Waals surface area contributed by atoms with Crippen LogP contribution in [0.5, 0.6) is 5.75 Å². The van der Waals surface area contributed by atoms with E-state index in [1.54, 1.807) is 13.2 Å². The molecule has 0 aliphatic heterocycles. The van der Waals surface area contributed by atoms with Crippen molar-refractivity contribution in [3.63, 3.8) is 0 Å². The number of methoxy groups -OCH3 is 1. The van der Waals surface area contributed by atoms with Crippen molar-refractivity contribution < 1.29 is 4.74 Å². The van der Waals surface area contributed by atoms with E-state index in [9.17, 15) is 0 Å². The Balaban J connectivity index is 3.22. The van der Waals surface area contributed by atoms with E-state index in [0.29, 0.717) is 10.8 Å². The molecule has 0 N–H and O–H groups in total. The Morgan fingerprint density at radius 1 is 1.50 bits per heavy atom. The van der Waals surface area contributed by atoms with Gasteiger partial charge in [0.15, 0.2) is 0 Å². The van der Waals surface area contributed by atoms with Gasteiger partial charge in [0, 0.05) is 0 Å². The normalized spacial score (nSPS) is 11.9. The first kappa shape index (κ1) is 10.9. The first-order chi connectivity index (χ1) is 6.60. The highest BCUT2D eigenvalue weighted by molar-refractivity contribution is 6.32. The topological polar surface area (TPSA) is 33.0 Å². The van der Waals surface area contributed by atoms with Gasteiger partial charge < -0.3 is 4.74 Å². The van der Waals surface area contributed by atoms with E-state index in [4.69, 9.17) is 21.6 Å². The van der Waals surface area contributed by atoms with Crippen LogP contribution in [0.2, 0.25) is 5.02 Å². The van der Waals surface area contributed by atoms with Crippen LogP contribution in [-0.4, -0.2) is 7.11 Å². The largest absolute Gasteiger partial charge is 0.495 e. The Labute approximate surface area is 89.1 Å². The highest BCUT2D eigenvalue weighted by Crippen LogP contribution is 2.31. The first-order valence-corrected chi connectivity index (χ1v) is 4.71. The second kappa shape index (κ2) is 4.34. The second-order valence-electron chi connectivity index (χ2n) is 3.20. The van der Waals surface area contributed by atoms with Gasteiger partial charge in [-0.2, -0.15) is 5.26 Å². The Morgan fingerprint density at radius 3 is 2.57 bits per heavy atom. The summed E-state index contributed by atoms with van der Waals surface area (Å²) in [6.45, 7) is 3.76. The minimum atomic E-state index is -0.142. The second-order valence-corrected chi connectivity index (χ2v) is 3.61. The molecule has 3 heteroatoms. The van der Waals surface area contributed by atoms with Gasteiger partial charge >= 0.3 is 0 Å². The lowest BCUT2D eigenvalue weighted by Crippen LogP contribution is -1.94. The van der Waals surface area contributed by atoms with Crippen LogP contribution in [0.1, 0.15) is 24.0 Å². The molecule has 1 aromatic carbocycles. The summed E-state index contributed by atoms with van der Waals surface area (Å²) >= 11 is 6.00. The lowest BCUT2D eigenvalue weighted by molar-refractivity contribution is 0.411. The van der Waals surface area contributed by atoms with E-state index in [1.807, 2.05) is 19.9 Å². The monoisotopic (exact) mass is 209 g/mol. The van der Waals surface area contributed by atoms with Crippen molar-refractivity contribution in [1.82, 2.24) is 0 Å². The van der Waals surface area contributed by atoms with Crippen molar-refractivity contribution in [2.24, 2.45) is 0 Å². The molecule has 0 aliphatic carbocycles. The molecule has 0 radical (unpaired) electrons. The quantitative estimate of drug-likeness (QED) is 0.749. The number of benzene rings is 1. The molecule has 1 aromatic rings. The number of halogens is 1. The van der Waals surface area contributed by atoms with Crippen molar-refractivity contribution in [2.45, 2.75) is 19.8 Å². The number of rotatable bonds is 2. The van der Waals surface area contributed by atoms with Crippen LogP contribution in [0.25, 0.3) is 0 Å². The van der Waals surface area contributed by atoms with Crippen molar-refractivity contribution in [2.75, 3.05) is 7.11 Å². The number of hydrogen-bond donors (Lipinski definition) is 0. The molecule has 14 heavy (non-hydrogen) atoms. The molecule has 1 unspecified atom stereocenters. The molecule has 0 aliphatic rings. The Bertz CT molecular complexity index is 358. The predicted octanol–water partition coefficient (Wildman–Crippen LogP) is 3.28. The third-order valence-electron chi connectivity index (χ3n) is 2.15. The standard InChI is InChI=1S/C11H12ClNO/c1-7-4-9(8(2)6-13)5-10(12)11(7)14-3/h4-5,8H,1-3H3. The Morgan fingerprint density at radius 2 is 2.14 bits per heavy atom. The summed E-state index contributed by atoms with van der Waals surface area (Å²) < 4.78 is 5.13. The van der Waals surface area contributed by atoms with Crippen LogP contribution in [0.15, 0.2) is 12.1 Å². The molecule has 2 nitrogen and oxygen atoms in total. The maximum atomic E-state index is 8.77. The Hall–Kier alpha value is -1.20. The number of nitriles is 1. The third-order valence-corrected chi connectivity index (χ3v) is 2.43. The fourth-order valence-corrected chi connectivity index (χ4v) is 1.69. The molecule has 0 amide bonds. The van der Waals surface area contributed by atoms with Crippen LogP contribution in [0.4, 0.5) is 0 Å². The highest BCUT2D eigenvalue weighted by Gasteiger charge is 2.10. The smallest absolute Gasteiger partial charge is 0.140 e. The van der Waals surface area contributed by atoms with Crippen molar-refractivity contribution in [1.29, 1.82) is 5.26 Å². The zero-order valence-electron chi connectivity index (χ0n) is 8.47. The number of ether oxygens (including phenoxy) is 1. The summed E-state index contributed by atoms with van der Waals surface area (Å²) in [6, 6.07) is 5.88. The van der Waals surface area contributed by atoms with Crippen molar-refractivity contribution >= 4 is 11.6 Å². The van der Waals surface area contributed by atoms with E-state index in [-0.39, 0.29) is 5.92 Å². The summed E-state index contributed by atoms with van der Waals surface area (Å²) in [6.07, 6.45) is 0. The summed E-state index contributed by atoms with van der Waals surface area (Å²) in [4.78, 5) is 0. The first-order valence-electron chi connectivity index (χ1n) is 4.33. The van der Waals surface area contributed by atoms with Crippen LogP contribution < -0.4 is 4.74 Å². The van der Waals surface area contributed by atoms with Crippen molar-refractivity contribution in [3.05, 3.63) is 28.3 Å². The van der Waals surface area contributed by atoms with E-state index >= 15 is 0 Å². The number of nitrogens with zero attached hydrogens (tertiary/aromatic N) is 1. The molecule has 1 rings (SSSR count). The molecular weight excluding hydrogens is 198 g/mol. The van der Waals surface area contributed by atoms with E-state index < -0.39 is 0 Å². The van der Waals surface area contributed by atoms with Crippen LogP contribution in [-0.2, 0) is 0 Å². The molecule has 0 fully saturated rings. The van der Waals surface area contributed by atoms with Gasteiger partial charge in [-0.3, -0.25) is 0 Å². The highest BCUT2D eigenvalue weighted by atomic mass is 35.5. The lowest BCUT2D eigenvalue weighted by atomic mass is 10.0. The van der Waals surface area contributed by atoms with Gasteiger partial charge in [0.05, 0.1) is 24.1 Å². The molecule has 0 spiro atoms. The van der Waals surface area contributed by atoms with E-state index in [2.05, 4.69) is 6.07 Å². The molecule has 74 valence electrons. The summed E-state index contributed by atoms with van der Waals surface area (Å²) in [5.74, 6) is 0.540. The van der Waals surface area contributed by atoms with Gasteiger partial charge in [-0.15, -0.1) is 0 Å². The zero-order valence-corrected chi connectivity index (χ0v) is 9.22. The number of hydrogen-bond acceptors (Lipinski definition) is 2. The number of aryl methyl sites for hydroxylation is 1. The molecular formula is C11H12ClNO. The average molecular weight is 210 g/mol. The third kappa shape index (κ3) is 2.00.